The van der Waals surface area contributed by atoms with E-state index in [1.165, 1.54) is 77.0 Å². The quantitative estimate of drug-likeness (QED) is 0.615. The fourth-order valence-electron chi connectivity index (χ4n) is 3.33. The summed E-state index contributed by atoms with van der Waals surface area (Å²) in [5.74, 6) is 1.03. The van der Waals surface area contributed by atoms with Crippen LogP contribution < -0.4 is 0 Å². The van der Waals surface area contributed by atoms with Gasteiger partial charge in [-0.15, -0.1) is 0 Å². The minimum absolute atomic E-state index is 0.611. The lowest BCUT2D eigenvalue weighted by atomic mass is 9.86. The van der Waals surface area contributed by atoms with Crippen molar-refractivity contribution in [2.75, 3.05) is 6.61 Å². The van der Waals surface area contributed by atoms with E-state index in [2.05, 4.69) is 0 Å². The van der Waals surface area contributed by atoms with Crippen LogP contribution in [-0.2, 0) is 4.74 Å². The van der Waals surface area contributed by atoms with E-state index >= 15 is 0 Å². The Labute approximate surface area is 101 Å². The Balaban J connectivity index is 1.47. The lowest BCUT2D eigenvalue weighted by molar-refractivity contribution is 0.0243. The molecule has 2 saturated carbocycles. The van der Waals surface area contributed by atoms with Gasteiger partial charge < -0.3 is 4.74 Å². The van der Waals surface area contributed by atoms with Crippen LogP contribution in [0.4, 0.5) is 0 Å². The van der Waals surface area contributed by atoms with Gasteiger partial charge in [-0.3, -0.25) is 0 Å². The fraction of sp³-hybridized carbons (Fsp3) is 1.00. The molecule has 0 unspecified atom stereocenters. The van der Waals surface area contributed by atoms with Gasteiger partial charge in [-0.25, -0.2) is 0 Å². The van der Waals surface area contributed by atoms with Crippen molar-refractivity contribution < 1.29 is 4.74 Å². The van der Waals surface area contributed by atoms with Crippen molar-refractivity contribution in [3.63, 3.8) is 0 Å². The molecule has 0 radical (unpaired) electrons. The molecule has 0 spiro atoms. The molecule has 2 aliphatic rings. The summed E-state index contributed by atoms with van der Waals surface area (Å²) < 4.78 is 5.97. The molecular weight excluding hydrogens is 196 g/mol. The topological polar surface area (TPSA) is 9.23 Å². The second-order valence-electron chi connectivity index (χ2n) is 5.78. The Morgan fingerprint density at radius 3 is 2.06 bits per heavy atom. The zero-order chi connectivity index (χ0) is 11.1. The molecule has 2 fully saturated rings. The highest BCUT2D eigenvalue weighted by Gasteiger charge is 2.15. The molecule has 16 heavy (non-hydrogen) atoms. The Morgan fingerprint density at radius 2 is 1.38 bits per heavy atom. The van der Waals surface area contributed by atoms with Crippen LogP contribution in [0.3, 0.4) is 0 Å². The van der Waals surface area contributed by atoms with Gasteiger partial charge in [0.25, 0.3) is 0 Å². The second kappa shape index (κ2) is 7.32. The smallest absolute Gasteiger partial charge is 0.0575 e. The van der Waals surface area contributed by atoms with E-state index < -0.39 is 0 Å². The minimum atomic E-state index is 0.611. The first-order valence-corrected chi connectivity index (χ1v) is 7.57. The van der Waals surface area contributed by atoms with Crippen LogP contribution in [0.5, 0.6) is 0 Å². The van der Waals surface area contributed by atoms with E-state index in [9.17, 15) is 0 Å². The summed E-state index contributed by atoms with van der Waals surface area (Å²) in [5, 5.41) is 0. The molecule has 2 rings (SSSR count). The Kier molecular flexibility index (Phi) is 5.68. The molecule has 0 bridgehead atoms. The predicted molar refractivity (Wildman–Crippen MR) is 68.6 cm³/mol. The van der Waals surface area contributed by atoms with Crippen molar-refractivity contribution >= 4 is 0 Å². The lowest BCUT2D eigenvalue weighted by Gasteiger charge is -2.24. The van der Waals surface area contributed by atoms with Gasteiger partial charge in [-0.2, -0.15) is 0 Å². The van der Waals surface area contributed by atoms with Gasteiger partial charge in [-0.05, 0) is 31.6 Å². The van der Waals surface area contributed by atoms with Crippen LogP contribution >= 0.6 is 0 Å². The average molecular weight is 224 g/mol. The highest BCUT2D eigenvalue weighted by molar-refractivity contribution is 4.67. The van der Waals surface area contributed by atoms with Gasteiger partial charge in [0.15, 0.2) is 0 Å². The first-order chi connectivity index (χ1) is 7.95. The highest BCUT2D eigenvalue weighted by Crippen LogP contribution is 2.27. The third kappa shape index (κ3) is 4.45. The number of ether oxygens (including phenoxy) is 1. The normalized spacial score (nSPS) is 24.8. The van der Waals surface area contributed by atoms with E-state index in [1.807, 2.05) is 0 Å². The first-order valence-electron chi connectivity index (χ1n) is 7.57. The van der Waals surface area contributed by atoms with Crippen LogP contribution in [0.2, 0.25) is 0 Å². The lowest BCUT2D eigenvalue weighted by Crippen LogP contribution is -2.17. The van der Waals surface area contributed by atoms with E-state index in [1.54, 1.807) is 0 Å². The summed E-state index contributed by atoms with van der Waals surface area (Å²) in [5.41, 5.74) is 0. The number of hydrogen-bond acceptors (Lipinski definition) is 1. The van der Waals surface area contributed by atoms with Gasteiger partial charge in [0, 0.05) is 6.61 Å². The summed E-state index contributed by atoms with van der Waals surface area (Å²) in [6.45, 7) is 1.03. The Hall–Kier alpha value is -0.0400. The van der Waals surface area contributed by atoms with Crippen LogP contribution in [-0.4, -0.2) is 12.7 Å². The fourth-order valence-corrected chi connectivity index (χ4v) is 3.33. The first kappa shape index (κ1) is 12.4. The van der Waals surface area contributed by atoms with E-state index in [0.29, 0.717) is 6.10 Å². The van der Waals surface area contributed by atoms with Crippen molar-refractivity contribution in [2.45, 2.75) is 83.2 Å². The second-order valence-corrected chi connectivity index (χ2v) is 5.78. The zero-order valence-corrected chi connectivity index (χ0v) is 10.8. The molecule has 1 heteroatoms. The molecule has 0 amide bonds. The molecule has 0 atom stereocenters. The van der Waals surface area contributed by atoms with Crippen molar-refractivity contribution in [1.29, 1.82) is 0 Å². The molecule has 1 nitrogen and oxygen atoms in total. The highest BCUT2D eigenvalue weighted by atomic mass is 16.5. The Morgan fingerprint density at radius 1 is 0.750 bits per heavy atom. The van der Waals surface area contributed by atoms with Crippen molar-refractivity contribution in [3.05, 3.63) is 0 Å². The van der Waals surface area contributed by atoms with Gasteiger partial charge in [0.2, 0.25) is 0 Å². The summed E-state index contributed by atoms with van der Waals surface area (Å²) in [6, 6.07) is 0. The molecule has 0 aromatic rings. The standard InChI is InChI=1S/C15H28O/c1-3-8-14(9-4-1)10-7-13-16-15-11-5-2-6-12-15/h14-15H,1-13H2. The van der Waals surface area contributed by atoms with Crippen LogP contribution in [0, 0.1) is 5.92 Å². The van der Waals surface area contributed by atoms with Crippen LogP contribution in [0.25, 0.3) is 0 Å². The van der Waals surface area contributed by atoms with Crippen molar-refractivity contribution in [3.8, 4) is 0 Å². The third-order valence-electron chi connectivity index (χ3n) is 4.39. The molecular formula is C15H28O. The maximum Gasteiger partial charge on any atom is 0.0575 e. The molecule has 0 aromatic carbocycles. The molecule has 94 valence electrons. The molecule has 0 N–H and O–H groups in total. The Bertz CT molecular complexity index is 146. The van der Waals surface area contributed by atoms with E-state index in [4.69, 9.17) is 4.74 Å². The SMILES string of the molecule is C1CCC(CCCOC2CCCCC2)CC1. The monoisotopic (exact) mass is 224 g/mol. The van der Waals surface area contributed by atoms with Crippen LogP contribution in [0.1, 0.15) is 77.0 Å². The van der Waals surface area contributed by atoms with E-state index in [-0.39, 0.29) is 0 Å². The van der Waals surface area contributed by atoms with Gasteiger partial charge in [0.1, 0.15) is 0 Å². The molecule has 2 aliphatic carbocycles. The van der Waals surface area contributed by atoms with Crippen molar-refractivity contribution in [1.82, 2.24) is 0 Å². The zero-order valence-electron chi connectivity index (χ0n) is 10.8. The molecule has 0 heterocycles. The molecule has 0 aromatic heterocycles. The van der Waals surface area contributed by atoms with Gasteiger partial charge in [0.05, 0.1) is 6.10 Å². The minimum Gasteiger partial charge on any atom is -0.378 e. The summed E-state index contributed by atoms with van der Waals surface area (Å²) >= 11 is 0. The summed E-state index contributed by atoms with van der Waals surface area (Å²) in [7, 11) is 0. The number of hydrogen-bond donors (Lipinski definition) is 0. The summed E-state index contributed by atoms with van der Waals surface area (Å²) in [4.78, 5) is 0. The maximum absolute atomic E-state index is 5.97. The van der Waals surface area contributed by atoms with Gasteiger partial charge in [-0.1, -0.05) is 51.4 Å². The summed E-state index contributed by atoms with van der Waals surface area (Å²) in [6.07, 6.45) is 17.6. The third-order valence-corrected chi connectivity index (χ3v) is 4.39. The average Bonchev–Trinajstić information content (AvgIpc) is 2.37. The largest absolute Gasteiger partial charge is 0.378 e. The maximum atomic E-state index is 5.97. The van der Waals surface area contributed by atoms with Crippen LogP contribution in [0.15, 0.2) is 0 Å². The van der Waals surface area contributed by atoms with E-state index in [0.717, 1.165) is 12.5 Å². The number of rotatable bonds is 5. The molecule has 0 aliphatic heterocycles. The molecule has 0 saturated heterocycles. The van der Waals surface area contributed by atoms with Gasteiger partial charge >= 0.3 is 0 Å². The predicted octanol–water partition coefficient (Wildman–Crippen LogP) is 4.70. The van der Waals surface area contributed by atoms with Crippen molar-refractivity contribution in [2.24, 2.45) is 5.92 Å².